The predicted octanol–water partition coefficient (Wildman–Crippen LogP) is 3.02. The zero-order valence-electron chi connectivity index (χ0n) is 11.6. The van der Waals surface area contributed by atoms with E-state index in [4.69, 9.17) is 11.6 Å². The second kappa shape index (κ2) is 5.14. The van der Waals surface area contributed by atoms with Gasteiger partial charge in [0, 0.05) is 17.1 Å². The van der Waals surface area contributed by atoms with Crippen LogP contribution in [0.25, 0.3) is 0 Å². The Morgan fingerprint density at radius 3 is 2.74 bits per heavy atom. The SMILES string of the molecule is Cc1cc(C(=O)N2CCCC2C(C)(C)O)ccc1Cl. The Bertz CT molecular complexity index is 493. The molecule has 1 aliphatic rings. The number of halogens is 1. The predicted molar refractivity (Wildman–Crippen MR) is 76.5 cm³/mol. The molecule has 0 saturated carbocycles. The van der Waals surface area contributed by atoms with E-state index < -0.39 is 5.60 Å². The van der Waals surface area contributed by atoms with E-state index in [9.17, 15) is 9.90 Å². The third-order valence-electron chi connectivity index (χ3n) is 3.73. The molecule has 1 unspecified atom stereocenters. The lowest BCUT2D eigenvalue weighted by Crippen LogP contribution is -2.48. The van der Waals surface area contributed by atoms with Crippen molar-refractivity contribution in [1.29, 1.82) is 0 Å². The number of amides is 1. The topological polar surface area (TPSA) is 40.5 Å². The molecule has 0 bridgehead atoms. The van der Waals surface area contributed by atoms with Gasteiger partial charge in [0.15, 0.2) is 0 Å². The molecule has 1 saturated heterocycles. The van der Waals surface area contributed by atoms with Gasteiger partial charge in [-0.1, -0.05) is 11.6 Å². The van der Waals surface area contributed by atoms with Crippen LogP contribution < -0.4 is 0 Å². The molecule has 1 N–H and O–H groups in total. The quantitative estimate of drug-likeness (QED) is 0.905. The average Bonchev–Trinajstić information content (AvgIpc) is 2.80. The summed E-state index contributed by atoms with van der Waals surface area (Å²) in [5.74, 6) is -0.0237. The summed E-state index contributed by atoms with van der Waals surface area (Å²) < 4.78 is 0. The Hall–Kier alpha value is -1.06. The van der Waals surface area contributed by atoms with Crippen molar-refractivity contribution in [3.8, 4) is 0 Å². The van der Waals surface area contributed by atoms with Gasteiger partial charge in [-0.15, -0.1) is 0 Å². The van der Waals surface area contributed by atoms with Gasteiger partial charge in [-0.05, 0) is 57.4 Å². The number of hydrogen-bond donors (Lipinski definition) is 1. The van der Waals surface area contributed by atoms with E-state index in [1.807, 2.05) is 13.0 Å². The summed E-state index contributed by atoms with van der Waals surface area (Å²) in [7, 11) is 0. The van der Waals surface area contributed by atoms with Crippen LogP contribution in [0.15, 0.2) is 18.2 Å². The first-order chi connectivity index (χ1) is 8.80. The third kappa shape index (κ3) is 2.93. The summed E-state index contributed by atoms with van der Waals surface area (Å²) in [5, 5.41) is 10.8. The van der Waals surface area contributed by atoms with E-state index in [0.29, 0.717) is 17.1 Å². The fraction of sp³-hybridized carbons (Fsp3) is 0.533. The smallest absolute Gasteiger partial charge is 0.254 e. The van der Waals surface area contributed by atoms with Crippen LogP contribution in [0.2, 0.25) is 5.02 Å². The molecule has 2 rings (SSSR count). The van der Waals surface area contributed by atoms with Crippen molar-refractivity contribution >= 4 is 17.5 Å². The van der Waals surface area contributed by atoms with Gasteiger partial charge in [0.1, 0.15) is 0 Å². The lowest BCUT2D eigenvalue weighted by Gasteiger charge is -2.34. The molecule has 4 heteroatoms. The number of rotatable bonds is 2. The minimum absolute atomic E-state index is 0.0237. The number of carbonyl (C=O) groups excluding carboxylic acids is 1. The Morgan fingerprint density at radius 2 is 2.16 bits per heavy atom. The number of aryl methyl sites for hydroxylation is 1. The van der Waals surface area contributed by atoms with Crippen molar-refractivity contribution in [3.05, 3.63) is 34.3 Å². The molecular weight excluding hydrogens is 262 g/mol. The zero-order valence-corrected chi connectivity index (χ0v) is 12.4. The fourth-order valence-electron chi connectivity index (χ4n) is 2.69. The van der Waals surface area contributed by atoms with Crippen LogP contribution in [0.1, 0.15) is 42.6 Å². The number of likely N-dealkylation sites (tertiary alicyclic amines) is 1. The molecule has 0 radical (unpaired) electrons. The van der Waals surface area contributed by atoms with E-state index in [1.165, 1.54) is 0 Å². The van der Waals surface area contributed by atoms with Crippen LogP contribution in [0.5, 0.6) is 0 Å². The summed E-state index contributed by atoms with van der Waals surface area (Å²) in [6, 6.07) is 5.19. The van der Waals surface area contributed by atoms with Crippen LogP contribution in [0, 0.1) is 6.92 Å². The Balaban J connectivity index is 2.26. The molecule has 1 aliphatic heterocycles. The third-order valence-corrected chi connectivity index (χ3v) is 4.16. The van der Waals surface area contributed by atoms with Crippen molar-refractivity contribution in [2.45, 2.75) is 45.3 Å². The summed E-state index contributed by atoms with van der Waals surface area (Å²) in [6.45, 7) is 6.11. The minimum atomic E-state index is -0.867. The van der Waals surface area contributed by atoms with Crippen LogP contribution in [0.4, 0.5) is 0 Å². The van der Waals surface area contributed by atoms with Crippen molar-refractivity contribution in [1.82, 2.24) is 4.90 Å². The maximum Gasteiger partial charge on any atom is 0.254 e. The van der Waals surface area contributed by atoms with Crippen molar-refractivity contribution in [2.75, 3.05) is 6.54 Å². The first-order valence-electron chi connectivity index (χ1n) is 6.60. The van der Waals surface area contributed by atoms with Gasteiger partial charge in [0.25, 0.3) is 5.91 Å². The zero-order chi connectivity index (χ0) is 14.2. The minimum Gasteiger partial charge on any atom is -0.388 e. The highest BCUT2D eigenvalue weighted by atomic mass is 35.5. The van der Waals surface area contributed by atoms with Gasteiger partial charge in [-0.25, -0.2) is 0 Å². The highest BCUT2D eigenvalue weighted by molar-refractivity contribution is 6.31. The Morgan fingerprint density at radius 1 is 1.47 bits per heavy atom. The number of hydrogen-bond acceptors (Lipinski definition) is 2. The molecule has 1 atom stereocenters. The maximum absolute atomic E-state index is 12.5. The number of nitrogens with zero attached hydrogens (tertiary/aromatic N) is 1. The molecule has 1 amide bonds. The summed E-state index contributed by atoms with van der Waals surface area (Å²) in [6.07, 6.45) is 1.79. The molecule has 0 spiro atoms. The van der Waals surface area contributed by atoms with E-state index >= 15 is 0 Å². The highest BCUT2D eigenvalue weighted by Gasteiger charge is 2.38. The molecule has 1 fully saturated rings. The number of benzene rings is 1. The fourth-order valence-corrected chi connectivity index (χ4v) is 2.81. The standard InChI is InChI=1S/C15H20ClNO2/c1-10-9-11(6-7-12(10)16)14(18)17-8-4-5-13(17)15(2,3)19/h6-7,9,13,19H,4-5,8H2,1-3H3. The van der Waals surface area contributed by atoms with E-state index in [-0.39, 0.29) is 11.9 Å². The van der Waals surface area contributed by atoms with E-state index in [1.54, 1.807) is 30.9 Å². The molecule has 1 aromatic rings. The van der Waals surface area contributed by atoms with Crippen LogP contribution >= 0.6 is 11.6 Å². The molecule has 0 aromatic heterocycles. The van der Waals surface area contributed by atoms with Crippen molar-refractivity contribution in [3.63, 3.8) is 0 Å². The van der Waals surface area contributed by atoms with Gasteiger partial charge in [0.05, 0.1) is 11.6 Å². The second-order valence-corrected chi connectivity index (χ2v) is 6.18. The average molecular weight is 282 g/mol. The number of aliphatic hydroxyl groups is 1. The van der Waals surface area contributed by atoms with Gasteiger partial charge in [0.2, 0.25) is 0 Å². The largest absolute Gasteiger partial charge is 0.388 e. The maximum atomic E-state index is 12.5. The first-order valence-corrected chi connectivity index (χ1v) is 6.98. The highest BCUT2D eigenvalue weighted by Crippen LogP contribution is 2.28. The Kier molecular flexibility index (Phi) is 3.88. The van der Waals surface area contributed by atoms with Gasteiger partial charge in [-0.2, -0.15) is 0 Å². The van der Waals surface area contributed by atoms with Crippen LogP contribution in [0.3, 0.4) is 0 Å². The molecule has 0 aliphatic carbocycles. The van der Waals surface area contributed by atoms with Crippen molar-refractivity contribution in [2.24, 2.45) is 0 Å². The van der Waals surface area contributed by atoms with Crippen LogP contribution in [-0.2, 0) is 0 Å². The number of carbonyl (C=O) groups is 1. The summed E-state index contributed by atoms with van der Waals surface area (Å²) >= 11 is 5.98. The molecule has 1 heterocycles. The van der Waals surface area contributed by atoms with E-state index in [0.717, 1.165) is 18.4 Å². The summed E-state index contributed by atoms with van der Waals surface area (Å²) in [5.41, 5.74) is 0.665. The van der Waals surface area contributed by atoms with Gasteiger partial charge in [-0.3, -0.25) is 4.79 Å². The lowest BCUT2D eigenvalue weighted by molar-refractivity contribution is 0.000334. The van der Waals surface area contributed by atoms with Gasteiger partial charge >= 0.3 is 0 Å². The normalized spacial score (nSPS) is 19.8. The molecule has 3 nitrogen and oxygen atoms in total. The lowest BCUT2D eigenvalue weighted by atomic mass is 9.96. The van der Waals surface area contributed by atoms with E-state index in [2.05, 4.69) is 0 Å². The van der Waals surface area contributed by atoms with Crippen LogP contribution in [-0.4, -0.2) is 34.1 Å². The molecule has 1 aromatic carbocycles. The van der Waals surface area contributed by atoms with Crippen molar-refractivity contribution < 1.29 is 9.90 Å². The molecular formula is C15H20ClNO2. The monoisotopic (exact) mass is 281 g/mol. The Labute approximate surface area is 119 Å². The van der Waals surface area contributed by atoms with Gasteiger partial charge < -0.3 is 10.0 Å². The molecule has 104 valence electrons. The summed E-state index contributed by atoms with van der Waals surface area (Å²) in [4.78, 5) is 14.3. The first kappa shape index (κ1) is 14.4. The second-order valence-electron chi connectivity index (χ2n) is 5.77. The molecule has 19 heavy (non-hydrogen) atoms.